The fraction of sp³-hybridized carbons (Fsp3) is 0.600. The van der Waals surface area contributed by atoms with E-state index in [1.54, 1.807) is 0 Å². The number of nitrogens with one attached hydrogen (secondary N) is 1. The SMILES string of the molecule is O=C(Nc1nncs1)[C@H]1CCCN1C(=O)OCC(F)(F)F. The molecule has 0 aromatic carbocycles. The lowest BCUT2D eigenvalue weighted by Gasteiger charge is -2.23. The first-order chi connectivity index (χ1) is 9.87. The van der Waals surface area contributed by atoms with E-state index in [0.717, 1.165) is 16.2 Å². The van der Waals surface area contributed by atoms with Crippen LogP contribution in [-0.2, 0) is 9.53 Å². The van der Waals surface area contributed by atoms with Crippen molar-refractivity contribution in [1.82, 2.24) is 15.1 Å². The highest BCUT2D eigenvalue weighted by Gasteiger charge is 2.37. The third-order valence-corrected chi connectivity index (χ3v) is 3.35. The minimum Gasteiger partial charge on any atom is -0.440 e. The number of likely N-dealkylation sites (tertiary alicyclic amines) is 1. The molecule has 1 aliphatic heterocycles. The predicted molar refractivity (Wildman–Crippen MR) is 65.7 cm³/mol. The zero-order valence-electron chi connectivity index (χ0n) is 10.6. The molecule has 21 heavy (non-hydrogen) atoms. The number of nitrogens with zero attached hydrogens (tertiary/aromatic N) is 3. The summed E-state index contributed by atoms with van der Waals surface area (Å²) in [4.78, 5) is 24.6. The van der Waals surface area contributed by atoms with Crippen LogP contribution in [0, 0.1) is 0 Å². The van der Waals surface area contributed by atoms with Crippen LogP contribution >= 0.6 is 11.3 Å². The summed E-state index contributed by atoms with van der Waals surface area (Å²) in [5.41, 5.74) is 1.42. The van der Waals surface area contributed by atoms with E-state index in [0.29, 0.717) is 12.8 Å². The summed E-state index contributed by atoms with van der Waals surface area (Å²) < 4.78 is 40.2. The van der Waals surface area contributed by atoms with Gasteiger partial charge in [0.05, 0.1) is 0 Å². The van der Waals surface area contributed by atoms with Crippen LogP contribution in [0.2, 0.25) is 0 Å². The van der Waals surface area contributed by atoms with Crippen molar-refractivity contribution in [2.75, 3.05) is 18.5 Å². The number of anilines is 1. The molecule has 0 bridgehead atoms. The van der Waals surface area contributed by atoms with Gasteiger partial charge >= 0.3 is 12.3 Å². The van der Waals surface area contributed by atoms with Gasteiger partial charge in [0.15, 0.2) is 6.61 Å². The highest BCUT2D eigenvalue weighted by molar-refractivity contribution is 7.13. The summed E-state index contributed by atoms with van der Waals surface area (Å²) in [6, 6.07) is -0.866. The van der Waals surface area contributed by atoms with Crippen molar-refractivity contribution >= 4 is 28.5 Å². The number of carbonyl (C=O) groups is 2. The molecule has 7 nitrogen and oxygen atoms in total. The molecule has 116 valence electrons. The van der Waals surface area contributed by atoms with Crippen molar-refractivity contribution < 1.29 is 27.5 Å². The monoisotopic (exact) mass is 324 g/mol. The van der Waals surface area contributed by atoms with E-state index in [2.05, 4.69) is 20.3 Å². The van der Waals surface area contributed by atoms with Crippen LogP contribution in [0.25, 0.3) is 0 Å². The summed E-state index contributed by atoms with van der Waals surface area (Å²) in [6.07, 6.45) is -4.89. The zero-order valence-corrected chi connectivity index (χ0v) is 11.4. The fourth-order valence-corrected chi connectivity index (χ4v) is 2.35. The van der Waals surface area contributed by atoms with Crippen molar-refractivity contribution in [3.8, 4) is 0 Å². The maximum absolute atomic E-state index is 12.0. The molecule has 2 amide bonds. The molecule has 1 aromatic rings. The number of carbonyl (C=O) groups excluding carboxylic acids is 2. The Morgan fingerprint density at radius 3 is 2.90 bits per heavy atom. The van der Waals surface area contributed by atoms with Crippen molar-refractivity contribution in [3.05, 3.63) is 5.51 Å². The first-order valence-corrected chi connectivity index (χ1v) is 6.82. The average Bonchev–Trinajstić information content (AvgIpc) is 3.05. The van der Waals surface area contributed by atoms with Gasteiger partial charge in [-0.1, -0.05) is 11.3 Å². The molecule has 0 aliphatic carbocycles. The Morgan fingerprint density at radius 1 is 1.52 bits per heavy atom. The number of rotatable bonds is 3. The quantitative estimate of drug-likeness (QED) is 0.914. The van der Waals surface area contributed by atoms with Crippen LogP contribution in [0.4, 0.5) is 23.1 Å². The lowest BCUT2D eigenvalue weighted by Crippen LogP contribution is -2.44. The molecule has 1 fully saturated rings. The van der Waals surface area contributed by atoms with Crippen molar-refractivity contribution in [2.24, 2.45) is 0 Å². The molecule has 1 N–H and O–H groups in total. The van der Waals surface area contributed by atoms with Gasteiger partial charge < -0.3 is 4.74 Å². The maximum atomic E-state index is 12.0. The van der Waals surface area contributed by atoms with Crippen LogP contribution in [0.15, 0.2) is 5.51 Å². The molecule has 1 saturated heterocycles. The van der Waals surface area contributed by atoms with Gasteiger partial charge in [-0.25, -0.2) is 4.79 Å². The number of halogens is 3. The summed E-state index contributed by atoms with van der Waals surface area (Å²) >= 11 is 1.10. The van der Waals surface area contributed by atoms with Crippen molar-refractivity contribution in [2.45, 2.75) is 25.1 Å². The van der Waals surface area contributed by atoms with Crippen LogP contribution in [-0.4, -0.2) is 52.5 Å². The van der Waals surface area contributed by atoms with Gasteiger partial charge in [0.25, 0.3) is 0 Å². The molecule has 0 spiro atoms. The standard InChI is InChI=1S/C10H11F3N4O3S/c11-10(12,13)4-20-9(19)17-3-1-2-6(17)7(18)15-8-16-14-5-21-8/h5-6H,1-4H2,(H,15,16,18)/t6-/m1/s1. The average molecular weight is 324 g/mol. The summed E-state index contributed by atoms with van der Waals surface area (Å²) in [5, 5.41) is 9.87. The molecule has 11 heteroatoms. The van der Waals surface area contributed by atoms with E-state index in [4.69, 9.17) is 0 Å². The second-order valence-electron chi connectivity index (χ2n) is 4.25. The Labute approximate surface area is 121 Å². The Kier molecular flexibility index (Phi) is 4.60. The zero-order chi connectivity index (χ0) is 15.5. The highest BCUT2D eigenvalue weighted by atomic mass is 32.1. The topological polar surface area (TPSA) is 84.4 Å². The first kappa shape index (κ1) is 15.5. The Balaban J connectivity index is 1.93. The minimum absolute atomic E-state index is 0.172. The molecule has 2 rings (SSSR count). The molecule has 0 unspecified atom stereocenters. The normalized spacial score (nSPS) is 18.6. The van der Waals surface area contributed by atoms with Gasteiger partial charge in [0.1, 0.15) is 11.6 Å². The van der Waals surface area contributed by atoms with Gasteiger partial charge in [-0.3, -0.25) is 15.0 Å². The van der Waals surface area contributed by atoms with E-state index < -0.39 is 30.8 Å². The molecule has 1 aliphatic rings. The summed E-state index contributed by atoms with van der Waals surface area (Å²) in [6.45, 7) is -1.50. The second-order valence-corrected chi connectivity index (χ2v) is 5.09. The lowest BCUT2D eigenvalue weighted by molar-refractivity contribution is -0.162. The van der Waals surface area contributed by atoms with E-state index in [1.807, 2.05) is 0 Å². The Bertz CT molecular complexity index is 508. The number of hydrogen-bond donors (Lipinski definition) is 1. The predicted octanol–water partition coefficient (Wildman–Crippen LogP) is 1.64. The minimum atomic E-state index is -4.60. The van der Waals surface area contributed by atoms with Crippen LogP contribution in [0.5, 0.6) is 0 Å². The summed E-state index contributed by atoms with van der Waals surface area (Å²) in [5.74, 6) is -0.520. The molecule has 0 radical (unpaired) electrons. The molecule has 2 heterocycles. The maximum Gasteiger partial charge on any atom is 0.422 e. The molecule has 0 saturated carbocycles. The van der Waals surface area contributed by atoms with E-state index in [9.17, 15) is 22.8 Å². The third-order valence-electron chi connectivity index (χ3n) is 2.74. The molecular weight excluding hydrogens is 313 g/mol. The first-order valence-electron chi connectivity index (χ1n) is 5.94. The number of aromatic nitrogens is 2. The van der Waals surface area contributed by atoms with Gasteiger partial charge in [-0.05, 0) is 12.8 Å². The third kappa shape index (κ3) is 4.28. The van der Waals surface area contributed by atoms with E-state index in [-0.39, 0.29) is 11.7 Å². The molecule has 1 atom stereocenters. The lowest BCUT2D eigenvalue weighted by atomic mass is 10.2. The van der Waals surface area contributed by atoms with Crippen LogP contribution in [0.1, 0.15) is 12.8 Å². The molecule has 1 aromatic heterocycles. The number of amides is 2. The van der Waals surface area contributed by atoms with Gasteiger partial charge in [-0.15, -0.1) is 10.2 Å². The van der Waals surface area contributed by atoms with Gasteiger partial charge in [0.2, 0.25) is 11.0 Å². The van der Waals surface area contributed by atoms with Crippen LogP contribution < -0.4 is 5.32 Å². The Morgan fingerprint density at radius 2 is 2.29 bits per heavy atom. The smallest absolute Gasteiger partial charge is 0.422 e. The second kappa shape index (κ2) is 6.24. The van der Waals surface area contributed by atoms with Crippen molar-refractivity contribution in [1.29, 1.82) is 0 Å². The van der Waals surface area contributed by atoms with Gasteiger partial charge in [-0.2, -0.15) is 13.2 Å². The Hall–Kier alpha value is -1.91. The van der Waals surface area contributed by atoms with Crippen molar-refractivity contribution in [3.63, 3.8) is 0 Å². The van der Waals surface area contributed by atoms with E-state index in [1.165, 1.54) is 5.51 Å². The number of alkyl halides is 3. The largest absolute Gasteiger partial charge is 0.440 e. The van der Waals surface area contributed by atoms with Gasteiger partial charge in [0, 0.05) is 6.54 Å². The number of hydrogen-bond acceptors (Lipinski definition) is 6. The van der Waals surface area contributed by atoms with Crippen LogP contribution in [0.3, 0.4) is 0 Å². The van der Waals surface area contributed by atoms with E-state index >= 15 is 0 Å². The fourth-order valence-electron chi connectivity index (χ4n) is 1.90. The molecular formula is C10H11F3N4O3S. The highest BCUT2D eigenvalue weighted by Crippen LogP contribution is 2.22. The summed E-state index contributed by atoms with van der Waals surface area (Å²) in [7, 11) is 0. The number of ether oxygens (including phenoxy) is 1.